The summed E-state index contributed by atoms with van der Waals surface area (Å²) in [6.45, 7) is 1.10. The summed E-state index contributed by atoms with van der Waals surface area (Å²) in [5.74, 6) is 0.0319. The molecule has 1 aromatic carbocycles. The molecular weight excluding hydrogens is 326 g/mol. The molecule has 0 aromatic heterocycles. The lowest BCUT2D eigenvalue weighted by molar-refractivity contribution is -0.126. The van der Waals surface area contributed by atoms with Crippen LogP contribution in [0.1, 0.15) is 12.0 Å². The number of carbonyl (C=O) groups is 3. The summed E-state index contributed by atoms with van der Waals surface area (Å²) in [5, 5.41) is 2.72. The topological polar surface area (TPSA) is 111 Å². The molecule has 0 aliphatic carbocycles. The molecule has 1 heterocycles. The fraction of sp³-hybridized carbons (Fsp3) is 0.353. The SMILES string of the molecule is COc1cc(/C=C/C(=O)N2CCNC(=O)CC2)ccc1OCC(N)=O. The number of carbonyl (C=O) groups excluding carboxylic acids is 3. The third-order valence-corrected chi connectivity index (χ3v) is 3.60. The summed E-state index contributed by atoms with van der Waals surface area (Å²) in [4.78, 5) is 35.9. The molecule has 0 radical (unpaired) electrons. The number of amides is 3. The van der Waals surface area contributed by atoms with Crippen LogP contribution in [-0.4, -0.2) is 56.0 Å². The Balaban J connectivity index is 2.03. The molecule has 0 unspecified atom stereocenters. The molecule has 1 aromatic rings. The van der Waals surface area contributed by atoms with E-state index >= 15 is 0 Å². The van der Waals surface area contributed by atoms with Gasteiger partial charge in [-0.15, -0.1) is 0 Å². The van der Waals surface area contributed by atoms with Crippen LogP contribution in [0.25, 0.3) is 6.08 Å². The molecule has 134 valence electrons. The number of methoxy groups -OCH3 is 1. The summed E-state index contributed by atoms with van der Waals surface area (Å²) in [6, 6.07) is 5.06. The van der Waals surface area contributed by atoms with Crippen LogP contribution in [-0.2, 0) is 14.4 Å². The monoisotopic (exact) mass is 347 g/mol. The van der Waals surface area contributed by atoms with E-state index in [-0.39, 0.29) is 18.4 Å². The highest BCUT2D eigenvalue weighted by Gasteiger charge is 2.16. The maximum absolute atomic E-state index is 12.2. The van der Waals surface area contributed by atoms with E-state index in [0.29, 0.717) is 37.6 Å². The Labute approximate surface area is 145 Å². The van der Waals surface area contributed by atoms with Gasteiger partial charge in [0.25, 0.3) is 5.91 Å². The molecule has 0 spiro atoms. The van der Waals surface area contributed by atoms with Crippen LogP contribution in [0.4, 0.5) is 0 Å². The Hall–Kier alpha value is -3.03. The fourth-order valence-corrected chi connectivity index (χ4v) is 2.32. The minimum absolute atomic E-state index is 0.0458. The molecule has 0 bridgehead atoms. The molecule has 8 nitrogen and oxygen atoms in total. The van der Waals surface area contributed by atoms with Crippen LogP contribution >= 0.6 is 0 Å². The first-order chi connectivity index (χ1) is 12.0. The number of nitrogens with zero attached hydrogens (tertiary/aromatic N) is 1. The summed E-state index contributed by atoms with van der Waals surface area (Å²) < 4.78 is 10.5. The lowest BCUT2D eigenvalue weighted by Crippen LogP contribution is -2.32. The Morgan fingerprint density at radius 3 is 2.84 bits per heavy atom. The molecule has 0 saturated carbocycles. The zero-order valence-corrected chi connectivity index (χ0v) is 14.0. The number of hydrogen-bond acceptors (Lipinski definition) is 5. The second-order valence-electron chi connectivity index (χ2n) is 5.42. The molecule has 1 aliphatic rings. The summed E-state index contributed by atoms with van der Waals surface area (Å²) >= 11 is 0. The highest BCUT2D eigenvalue weighted by molar-refractivity contribution is 5.92. The molecule has 8 heteroatoms. The number of nitrogens with two attached hydrogens (primary N) is 1. The van der Waals surface area contributed by atoms with Crippen LogP contribution in [0.15, 0.2) is 24.3 Å². The van der Waals surface area contributed by atoms with Crippen molar-refractivity contribution in [3.05, 3.63) is 29.8 Å². The maximum atomic E-state index is 12.2. The van der Waals surface area contributed by atoms with Gasteiger partial charge in [-0.1, -0.05) is 6.07 Å². The van der Waals surface area contributed by atoms with E-state index in [9.17, 15) is 14.4 Å². The van der Waals surface area contributed by atoms with Crippen molar-refractivity contribution in [2.24, 2.45) is 5.73 Å². The second kappa shape index (κ2) is 8.72. The van der Waals surface area contributed by atoms with Gasteiger partial charge in [-0.3, -0.25) is 14.4 Å². The Morgan fingerprint density at radius 2 is 2.12 bits per heavy atom. The number of rotatable bonds is 6. The largest absolute Gasteiger partial charge is 0.493 e. The molecule has 3 amide bonds. The van der Waals surface area contributed by atoms with Gasteiger partial charge in [0, 0.05) is 32.1 Å². The molecule has 0 atom stereocenters. The molecule has 3 N–H and O–H groups in total. The van der Waals surface area contributed by atoms with Gasteiger partial charge in [0.15, 0.2) is 18.1 Å². The van der Waals surface area contributed by atoms with E-state index in [1.807, 2.05) is 0 Å². The van der Waals surface area contributed by atoms with Gasteiger partial charge in [0.2, 0.25) is 11.8 Å². The minimum atomic E-state index is -0.581. The van der Waals surface area contributed by atoms with Gasteiger partial charge in [-0.25, -0.2) is 0 Å². The molecule has 1 fully saturated rings. The molecule has 1 aliphatic heterocycles. The van der Waals surface area contributed by atoms with Crippen LogP contribution in [0.5, 0.6) is 11.5 Å². The molecule has 25 heavy (non-hydrogen) atoms. The number of ether oxygens (including phenoxy) is 2. The summed E-state index contributed by atoms with van der Waals surface area (Å²) in [7, 11) is 1.48. The van der Waals surface area contributed by atoms with Crippen LogP contribution < -0.4 is 20.5 Å². The Bertz CT molecular complexity index is 687. The van der Waals surface area contributed by atoms with Crippen molar-refractivity contribution in [2.45, 2.75) is 6.42 Å². The number of hydrogen-bond donors (Lipinski definition) is 2. The smallest absolute Gasteiger partial charge is 0.255 e. The lowest BCUT2D eigenvalue weighted by atomic mass is 10.2. The van der Waals surface area contributed by atoms with Gasteiger partial charge in [-0.05, 0) is 23.8 Å². The normalized spacial score (nSPS) is 14.8. The lowest BCUT2D eigenvalue weighted by Gasteiger charge is -2.17. The number of nitrogens with one attached hydrogen (secondary N) is 1. The molecule has 1 saturated heterocycles. The van der Waals surface area contributed by atoms with Crippen LogP contribution in [0.2, 0.25) is 0 Å². The summed E-state index contributed by atoms with van der Waals surface area (Å²) in [5.41, 5.74) is 5.79. The van der Waals surface area contributed by atoms with Crippen LogP contribution in [0, 0.1) is 0 Å². The Morgan fingerprint density at radius 1 is 1.32 bits per heavy atom. The van der Waals surface area contributed by atoms with Crippen molar-refractivity contribution in [3.8, 4) is 11.5 Å². The van der Waals surface area contributed by atoms with Gasteiger partial charge in [-0.2, -0.15) is 0 Å². The van der Waals surface area contributed by atoms with Crippen molar-refractivity contribution in [3.63, 3.8) is 0 Å². The molecule has 2 rings (SSSR count). The predicted octanol–water partition coefficient (Wildman–Crippen LogP) is -0.0790. The number of primary amides is 1. The standard InChI is InChI=1S/C17H21N3O5/c1-24-14-10-12(2-4-13(14)25-11-15(18)21)3-5-17(23)20-8-6-16(22)19-7-9-20/h2-5,10H,6-9,11H2,1H3,(H2,18,21)(H,19,22)/b5-3+. The fourth-order valence-electron chi connectivity index (χ4n) is 2.32. The van der Waals surface area contributed by atoms with Crippen molar-refractivity contribution in [1.82, 2.24) is 10.2 Å². The van der Waals surface area contributed by atoms with E-state index in [2.05, 4.69) is 5.32 Å². The highest BCUT2D eigenvalue weighted by atomic mass is 16.5. The van der Waals surface area contributed by atoms with Crippen molar-refractivity contribution in [2.75, 3.05) is 33.4 Å². The zero-order valence-electron chi connectivity index (χ0n) is 14.0. The third-order valence-electron chi connectivity index (χ3n) is 3.60. The number of benzene rings is 1. The second-order valence-corrected chi connectivity index (χ2v) is 5.42. The van der Waals surface area contributed by atoms with Gasteiger partial charge >= 0.3 is 0 Å². The van der Waals surface area contributed by atoms with Gasteiger partial charge < -0.3 is 25.4 Å². The zero-order chi connectivity index (χ0) is 18.2. The first-order valence-corrected chi connectivity index (χ1v) is 7.82. The van der Waals surface area contributed by atoms with E-state index in [0.717, 1.165) is 5.56 Å². The average Bonchev–Trinajstić information content (AvgIpc) is 2.82. The van der Waals surface area contributed by atoms with E-state index in [1.165, 1.54) is 13.2 Å². The van der Waals surface area contributed by atoms with Crippen LogP contribution in [0.3, 0.4) is 0 Å². The Kier molecular flexibility index (Phi) is 6.39. The quantitative estimate of drug-likeness (QED) is 0.699. The van der Waals surface area contributed by atoms with E-state index in [1.54, 1.807) is 29.2 Å². The minimum Gasteiger partial charge on any atom is -0.493 e. The van der Waals surface area contributed by atoms with E-state index in [4.69, 9.17) is 15.2 Å². The van der Waals surface area contributed by atoms with Crippen molar-refractivity contribution < 1.29 is 23.9 Å². The average molecular weight is 347 g/mol. The first kappa shape index (κ1) is 18.3. The van der Waals surface area contributed by atoms with Gasteiger partial charge in [0.1, 0.15) is 0 Å². The highest BCUT2D eigenvalue weighted by Crippen LogP contribution is 2.28. The van der Waals surface area contributed by atoms with Gasteiger partial charge in [0.05, 0.1) is 7.11 Å². The maximum Gasteiger partial charge on any atom is 0.255 e. The summed E-state index contributed by atoms with van der Waals surface area (Å²) in [6.07, 6.45) is 3.41. The third kappa shape index (κ3) is 5.52. The van der Waals surface area contributed by atoms with E-state index < -0.39 is 5.91 Å². The van der Waals surface area contributed by atoms with Crippen molar-refractivity contribution >= 4 is 23.8 Å². The predicted molar refractivity (Wildman–Crippen MR) is 90.9 cm³/mol. The molecular formula is C17H21N3O5. The first-order valence-electron chi connectivity index (χ1n) is 7.82. The van der Waals surface area contributed by atoms with Crippen molar-refractivity contribution in [1.29, 1.82) is 0 Å².